The zero-order chi connectivity index (χ0) is 13.8. The molecule has 1 rings (SSSR count). The highest BCUT2D eigenvalue weighted by molar-refractivity contribution is 5.81. The Morgan fingerprint density at radius 2 is 2.11 bits per heavy atom. The van der Waals surface area contributed by atoms with Crippen LogP contribution in [0, 0.1) is 5.41 Å². The zero-order valence-corrected chi connectivity index (χ0v) is 11.1. The van der Waals surface area contributed by atoms with Gasteiger partial charge in [-0.05, 0) is 37.1 Å². The van der Waals surface area contributed by atoms with Crippen LogP contribution in [-0.2, 0) is 9.53 Å². The first-order chi connectivity index (χ1) is 8.42. The van der Waals surface area contributed by atoms with Crippen LogP contribution in [0.1, 0.15) is 25.8 Å². The maximum Gasteiger partial charge on any atom is 0.315 e. The average Bonchev–Trinajstić information content (AvgIpc) is 2.38. The first kappa shape index (κ1) is 14.1. The Morgan fingerprint density at radius 3 is 2.67 bits per heavy atom. The summed E-state index contributed by atoms with van der Waals surface area (Å²) in [6.07, 6.45) is 4.27. The van der Waals surface area contributed by atoms with E-state index in [-0.39, 0.29) is 5.97 Å². The van der Waals surface area contributed by atoms with Gasteiger partial charge in [0.25, 0.3) is 0 Å². The lowest BCUT2D eigenvalue weighted by molar-refractivity contribution is -0.149. The lowest BCUT2D eigenvalue weighted by atomic mass is 9.86. The molecule has 4 nitrogen and oxygen atoms in total. The van der Waals surface area contributed by atoms with E-state index in [2.05, 4.69) is 0 Å². The standard InChI is InChI=1S/C14H20N2O2/c1-4-14(2,13(17)18-3)8-7-10-9-11(15)5-6-12(10)16/h5-9H,4,15-16H2,1-3H3/b8-7+. The van der Waals surface area contributed by atoms with Crippen molar-refractivity contribution in [3.63, 3.8) is 0 Å². The minimum Gasteiger partial charge on any atom is -0.468 e. The van der Waals surface area contributed by atoms with Crippen molar-refractivity contribution in [1.29, 1.82) is 0 Å². The number of carbonyl (C=O) groups excluding carboxylic acids is 1. The van der Waals surface area contributed by atoms with Gasteiger partial charge >= 0.3 is 5.97 Å². The van der Waals surface area contributed by atoms with Gasteiger partial charge in [-0.15, -0.1) is 0 Å². The number of hydrogen-bond donors (Lipinski definition) is 2. The van der Waals surface area contributed by atoms with E-state index in [4.69, 9.17) is 16.2 Å². The fourth-order valence-corrected chi connectivity index (χ4v) is 1.57. The van der Waals surface area contributed by atoms with Gasteiger partial charge in [-0.3, -0.25) is 4.79 Å². The van der Waals surface area contributed by atoms with Gasteiger partial charge in [0.05, 0.1) is 12.5 Å². The van der Waals surface area contributed by atoms with E-state index >= 15 is 0 Å². The van der Waals surface area contributed by atoms with Gasteiger partial charge in [-0.25, -0.2) is 0 Å². The van der Waals surface area contributed by atoms with Crippen molar-refractivity contribution >= 4 is 23.4 Å². The smallest absolute Gasteiger partial charge is 0.315 e. The number of esters is 1. The molecule has 4 N–H and O–H groups in total. The molecule has 0 aromatic heterocycles. The van der Waals surface area contributed by atoms with E-state index in [0.29, 0.717) is 17.8 Å². The third-order valence-corrected chi connectivity index (χ3v) is 3.13. The van der Waals surface area contributed by atoms with Crippen molar-refractivity contribution in [1.82, 2.24) is 0 Å². The normalized spacial score (nSPS) is 14.4. The molecule has 0 aliphatic rings. The van der Waals surface area contributed by atoms with Gasteiger partial charge in [0.15, 0.2) is 0 Å². The molecule has 0 amide bonds. The number of methoxy groups -OCH3 is 1. The molecular weight excluding hydrogens is 228 g/mol. The summed E-state index contributed by atoms with van der Waals surface area (Å²) < 4.78 is 4.80. The quantitative estimate of drug-likeness (QED) is 0.633. The molecule has 0 heterocycles. The van der Waals surface area contributed by atoms with Crippen molar-refractivity contribution in [3.05, 3.63) is 29.8 Å². The van der Waals surface area contributed by atoms with E-state index in [9.17, 15) is 4.79 Å². The maximum absolute atomic E-state index is 11.7. The second-order valence-electron chi connectivity index (χ2n) is 4.48. The number of carbonyl (C=O) groups is 1. The van der Waals surface area contributed by atoms with Crippen LogP contribution in [0.5, 0.6) is 0 Å². The van der Waals surface area contributed by atoms with Gasteiger partial charge in [0.1, 0.15) is 0 Å². The SMILES string of the molecule is CCC(C)(/C=C/c1cc(N)ccc1N)C(=O)OC. The molecule has 0 saturated heterocycles. The second kappa shape index (κ2) is 5.58. The Labute approximate surface area is 108 Å². The maximum atomic E-state index is 11.7. The molecule has 0 radical (unpaired) electrons. The van der Waals surface area contributed by atoms with E-state index < -0.39 is 5.41 Å². The Morgan fingerprint density at radius 1 is 1.44 bits per heavy atom. The van der Waals surface area contributed by atoms with Crippen molar-refractivity contribution < 1.29 is 9.53 Å². The molecule has 98 valence electrons. The van der Waals surface area contributed by atoms with Crippen LogP contribution >= 0.6 is 0 Å². The molecule has 0 aliphatic carbocycles. The van der Waals surface area contributed by atoms with Gasteiger partial charge < -0.3 is 16.2 Å². The van der Waals surface area contributed by atoms with Crippen molar-refractivity contribution in [2.45, 2.75) is 20.3 Å². The fourth-order valence-electron chi connectivity index (χ4n) is 1.57. The zero-order valence-electron chi connectivity index (χ0n) is 11.1. The Bertz CT molecular complexity index is 469. The monoisotopic (exact) mass is 248 g/mol. The Hall–Kier alpha value is -1.97. The number of nitrogens with two attached hydrogens (primary N) is 2. The van der Waals surface area contributed by atoms with Crippen LogP contribution in [-0.4, -0.2) is 13.1 Å². The molecule has 0 spiro atoms. The largest absolute Gasteiger partial charge is 0.468 e. The molecule has 1 aromatic carbocycles. The minimum absolute atomic E-state index is 0.260. The third-order valence-electron chi connectivity index (χ3n) is 3.13. The topological polar surface area (TPSA) is 78.3 Å². The molecule has 0 fully saturated rings. The van der Waals surface area contributed by atoms with Crippen LogP contribution in [0.2, 0.25) is 0 Å². The highest BCUT2D eigenvalue weighted by atomic mass is 16.5. The lowest BCUT2D eigenvalue weighted by Gasteiger charge is -2.20. The summed E-state index contributed by atoms with van der Waals surface area (Å²) in [4.78, 5) is 11.7. The summed E-state index contributed by atoms with van der Waals surface area (Å²) in [5.41, 5.74) is 13.0. The number of rotatable bonds is 4. The number of nitrogen functional groups attached to an aromatic ring is 2. The summed E-state index contributed by atoms with van der Waals surface area (Å²) in [6, 6.07) is 5.27. The van der Waals surface area contributed by atoms with Crippen molar-refractivity contribution in [2.75, 3.05) is 18.6 Å². The van der Waals surface area contributed by atoms with E-state index in [1.165, 1.54) is 7.11 Å². The molecule has 1 aromatic rings. The molecule has 1 unspecified atom stereocenters. The number of ether oxygens (including phenoxy) is 1. The molecule has 0 saturated carbocycles. The summed E-state index contributed by atoms with van der Waals surface area (Å²) >= 11 is 0. The molecule has 4 heteroatoms. The highest BCUT2D eigenvalue weighted by Crippen LogP contribution is 2.27. The van der Waals surface area contributed by atoms with Gasteiger partial charge in [-0.1, -0.05) is 19.1 Å². The number of hydrogen-bond acceptors (Lipinski definition) is 4. The van der Waals surface area contributed by atoms with Crippen LogP contribution < -0.4 is 11.5 Å². The predicted octanol–water partition coefficient (Wildman–Crippen LogP) is 2.45. The molecule has 1 atom stereocenters. The molecule has 0 aliphatic heterocycles. The van der Waals surface area contributed by atoms with Crippen LogP contribution in [0.3, 0.4) is 0 Å². The summed E-state index contributed by atoms with van der Waals surface area (Å²) in [5, 5.41) is 0. The Kier molecular flexibility index (Phi) is 4.37. The lowest BCUT2D eigenvalue weighted by Crippen LogP contribution is -2.25. The molecular formula is C14H20N2O2. The molecule has 18 heavy (non-hydrogen) atoms. The summed E-state index contributed by atoms with van der Waals surface area (Å²) in [7, 11) is 1.39. The van der Waals surface area contributed by atoms with Gasteiger partial charge in [-0.2, -0.15) is 0 Å². The van der Waals surface area contributed by atoms with Gasteiger partial charge in [0, 0.05) is 11.4 Å². The van der Waals surface area contributed by atoms with E-state index in [1.807, 2.05) is 26.0 Å². The summed E-state index contributed by atoms with van der Waals surface area (Å²) in [5.74, 6) is -0.260. The minimum atomic E-state index is -0.647. The Balaban J connectivity index is 3.04. The second-order valence-corrected chi connectivity index (χ2v) is 4.48. The molecule has 0 bridgehead atoms. The average molecular weight is 248 g/mol. The predicted molar refractivity (Wildman–Crippen MR) is 74.7 cm³/mol. The number of benzene rings is 1. The fraction of sp³-hybridized carbons (Fsp3) is 0.357. The van der Waals surface area contributed by atoms with Crippen LogP contribution in [0.25, 0.3) is 6.08 Å². The van der Waals surface area contributed by atoms with E-state index in [1.54, 1.807) is 18.2 Å². The first-order valence-corrected chi connectivity index (χ1v) is 5.85. The van der Waals surface area contributed by atoms with Crippen LogP contribution in [0.15, 0.2) is 24.3 Å². The van der Waals surface area contributed by atoms with Crippen LogP contribution in [0.4, 0.5) is 11.4 Å². The first-order valence-electron chi connectivity index (χ1n) is 5.85. The summed E-state index contributed by atoms with van der Waals surface area (Å²) in [6.45, 7) is 3.77. The van der Waals surface area contributed by atoms with E-state index in [0.717, 1.165) is 5.56 Å². The van der Waals surface area contributed by atoms with Gasteiger partial charge in [0.2, 0.25) is 0 Å². The highest BCUT2D eigenvalue weighted by Gasteiger charge is 2.29. The third kappa shape index (κ3) is 3.03. The van der Waals surface area contributed by atoms with Crippen molar-refractivity contribution in [2.24, 2.45) is 5.41 Å². The number of anilines is 2. The van der Waals surface area contributed by atoms with Crippen molar-refractivity contribution in [3.8, 4) is 0 Å².